The van der Waals surface area contributed by atoms with Crippen LogP contribution in [0, 0.1) is 5.82 Å². The molecule has 116 valence electrons. The second-order valence-electron chi connectivity index (χ2n) is 5.20. The minimum atomic E-state index is -3.06. The van der Waals surface area contributed by atoms with E-state index >= 15 is 0 Å². The van der Waals surface area contributed by atoms with Crippen LogP contribution in [0.2, 0.25) is 0 Å². The molecule has 1 N–H and O–H groups in total. The zero-order valence-corrected chi connectivity index (χ0v) is 12.4. The molecule has 8 heteroatoms. The Kier molecular flexibility index (Phi) is 3.69. The van der Waals surface area contributed by atoms with Crippen LogP contribution in [0.3, 0.4) is 0 Å². The third-order valence-corrected chi connectivity index (χ3v) is 5.31. The zero-order valence-electron chi connectivity index (χ0n) is 11.6. The van der Waals surface area contributed by atoms with Crippen LogP contribution in [0.15, 0.2) is 36.8 Å². The van der Waals surface area contributed by atoms with E-state index in [-0.39, 0.29) is 29.1 Å². The summed E-state index contributed by atoms with van der Waals surface area (Å²) in [7, 11) is -3.06. The summed E-state index contributed by atoms with van der Waals surface area (Å²) in [5.41, 5.74) is 0.874. The van der Waals surface area contributed by atoms with Gasteiger partial charge in [-0.2, -0.15) is 0 Å². The van der Waals surface area contributed by atoms with Gasteiger partial charge in [0.2, 0.25) is 0 Å². The molecule has 1 aromatic carbocycles. The smallest absolute Gasteiger partial charge is 0.270 e. The summed E-state index contributed by atoms with van der Waals surface area (Å²) in [4.78, 5) is 16.2. The fourth-order valence-electron chi connectivity index (χ4n) is 2.44. The first-order valence-corrected chi connectivity index (χ1v) is 8.56. The summed E-state index contributed by atoms with van der Waals surface area (Å²) in [6, 6.07) is 5.28. The van der Waals surface area contributed by atoms with E-state index in [1.165, 1.54) is 41.4 Å². The number of hydrogen-bond donors (Lipinski definition) is 1. The molecule has 1 saturated heterocycles. The number of carbonyl (C=O) groups is 1. The lowest BCUT2D eigenvalue weighted by Gasteiger charge is -2.12. The fraction of sp³-hybridized carbons (Fsp3) is 0.286. The highest BCUT2D eigenvalue weighted by molar-refractivity contribution is 7.91. The molecule has 0 bridgehead atoms. The Morgan fingerprint density at radius 1 is 1.32 bits per heavy atom. The van der Waals surface area contributed by atoms with Gasteiger partial charge in [0.1, 0.15) is 11.5 Å². The van der Waals surface area contributed by atoms with Gasteiger partial charge in [-0.1, -0.05) is 0 Å². The van der Waals surface area contributed by atoms with Crippen LogP contribution >= 0.6 is 0 Å². The van der Waals surface area contributed by atoms with E-state index < -0.39 is 15.7 Å². The van der Waals surface area contributed by atoms with E-state index in [1.807, 2.05) is 0 Å². The van der Waals surface area contributed by atoms with Crippen molar-refractivity contribution < 1.29 is 17.6 Å². The number of carbonyl (C=O) groups excluding carboxylic acids is 1. The first-order valence-electron chi connectivity index (χ1n) is 6.74. The highest BCUT2D eigenvalue weighted by Gasteiger charge is 2.29. The Morgan fingerprint density at radius 2 is 2.05 bits per heavy atom. The van der Waals surface area contributed by atoms with E-state index in [1.54, 1.807) is 0 Å². The number of nitrogens with one attached hydrogen (secondary N) is 1. The van der Waals surface area contributed by atoms with Crippen LogP contribution in [0.1, 0.15) is 16.9 Å². The molecule has 22 heavy (non-hydrogen) atoms. The fourth-order valence-corrected chi connectivity index (χ4v) is 4.11. The first kappa shape index (κ1) is 14.7. The van der Waals surface area contributed by atoms with Gasteiger partial charge < -0.3 is 5.32 Å². The van der Waals surface area contributed by atoms with Gasteiger partial charge in [-0.15, -0.1) is 0 Å². The molecule has 1 aliphatic heterocycles. The number of benzene rings is 1. The standard InChI is InChI=1S/C14H14FN3O3S/c15-10-1-3-12(4-2-10)18-9-16-7-13(18)14(19)17-11-5-6-22(20,21)8-11/h1-4,7,9,11H,5-6,8H2,(H,17,19)/t11-/m0/s1. The Hall–Kier alpha value is -2.22. The predicted octanol–water partition coefficient (Wildman–Crippen LogP) is 0.928. The van der Waals surface area contributed by atoms with Crippen molar-refractivity contribution in [2.45, 2.75) is 12.5 Å². The molecular weight excluding hydrogens is 309 g/mol. The van der Waals surface area contributed by atoms with Crippen molar-refractivity contribution in [1.29, 1.82) is 0 Å². The highest BCUT2D eigenvalue weighted by Crippen LogP contribution is 2.15. The molecule has 6 nitrogen and oxygen atoms in total. The lowest BCUT2D eigenvalue weighted by atomic mass is 10.2. The molecule has 2 heterocycles. The van der Waals surface area contributed by atoms with Gasteiger partial charge in [-0.25, -0.2) is 17.8 Å². The Balaban J connectivity index is 1.80. The molecule has 1 aliphatic rings. The molecule has 0 saturated carbocycles. The molecule has 0 aliphatic carbocycles. The quantitative estimate of drug-likeness (QED) is 0.911. The van der Waals surface area contributed by atoms with E-state index in [2.05, 4.69) is 10.3 Å². The van der Waals surface area contributed by atoms with Gasteiger partial charge in [-0.05, 0) is 30.7 Å². The third-order valence-electron chi connectivity index (χ3n) is 3.54. The number of rotatable bonds is 3. The lowest BCUT2D eigenvalue weighted by molar-refractivity contribution is 0.0934. The number of amides is 1. The summed E-state index contributed by atoms with van der Waals surface area (Å²) in [6.45, 7) is 0. The molecule has 0 spiro atoms. The van der Waals surface area contributed by atoms with Crippen LogP contribution in [-0.4, -0.2) is 41.4 Å². The topological polar surface area (TPSA) is 81.1 Å². The molecule has 0 radical (unpaired) electrons. The molecule has 0 unspecified atom stereocenters. The van der Waals surface area contributed by atoms with Crippen LogP contribution in [0.25, 0.3) is 5.69 Å². The van der Waals surface area contributed by atoms with Gasteiger partial charge in [-0.3, -0.25) is 9.36 Å². The summed E-state index contributed by atoms with van der Waals surface area (Å²) in [5, 5.41) is 2.71. The SMILES string of the molecule is O=C(N[C@H]1CCS(=O)(=O)C1)c1cncn1-c1ccc(F)cc1. The zero-order chi connectivity index (χ0) is 15.7. The van der Waals surface area contributed by atoms with E-state index in [0.29, 0.717) is 12.1 Å². The average molecular weight is 323 g/mol. The van der Waals surface area contributed by atoms with Gasteiger partial charge >= 0.3 is 0 Å². The molecule has 3 rings (SSSR count). The van der Waals surface area contributed by atoms with Crippen molar-refractivity contribution in [2.75, 3.05) is 11.5 Å². The van der Waals surface area contributed by atoms with Crippen molar-refractivity contribution in [3.63, 3.8) is 0 Å². The van der Waals surface area contributed by atoms with Crippen molar-refractivity contribution in [3.8, 4) is 5.69 Å². The third kappa shape index (κ3) is 3.01. The first-order chi connectivity index (χ1) is 10.4. The van der Waals surface area contributed by atoms with Crippen LogP contribution in [0.5, 0.6) is 0 Å². The molecule has 1 amide bonds. The summed E-state index contributed by atoms with van der Waals surface area (Å²) in [6.07, 6.45) is 3.26. The van der Waals surface area contributed by atoms with Gasteiger partial charge in [0.05, 0.1) is 24.0 Å². The molecule has 2 aromatic rings. The lowest BCUT2D eigenvalue weighted by Crippen LogP contribution is -2.36. The van der Waals surface area contributed by atoms with Crippen LogP contribution in [0.4, 0.5) is 4.39 Å². The average Bonchev–Trinajstić information content (AvgIpc) is 3.06. The largest absolute Gasteiger partial charge is 0.347 e. The minimum absolute atomic E-state index is 0.0383. The number of hydrogen-bond acceptors (Lipinski definition) is 4. The summed E-state index contributed by atoms with van der Waals surface area (Å²) in [5.74, 6) is -0.714. The minimum Gasteiger partial charge on any atom is -0.347 e. The number of nitrogens with zero attached hydrogens (tertiary/aromatic N) is 2. The predicted molar refractivity (Wildman–Crippen MR) is 78.0 cm³/mol. The van der Waals surface area contributed by atoms with Crippen molar-refractivity contribution in [2.24, 2.45) is 0 Å². The number of halogens is 1. The van der Waals surface area contributed by atoms with Crippen molar-refractivity contribution >= 4 is 15.7 Å². The number of aromatic nitrogens is 2. The normalized spacial score (nSPS) is 20.0. The van der Waals surface area contributed by atoms with Gasteiger partial charge in [0.25, 0.3) is 5.91 Å². The highest BCUT2D eigenvalue weighted by atomic mass is 32.2. The van der Waals surface area contributed by atoms with Crippen LogP contribution in [-0.2, 0) is 9.84 Å². The monoisotopic (exact) mass is 323 g/mol. The van der Waals surface area contributed by atoms with E-state index in [4.69, 9.17) is 0 Å². The molecule has 1 fully saturated rings. The second-order valence-corrected chi connectivity index (χ2v) is 7.43. The maximum atomic E-state index is 13.0. The Bertz CT molecular complexity index is 799. The maximum absolute atomic E-state index is 13.0. The van der Waals surface area contributed by atoms with Gasteiger partial charge in [0.15, 0.2) is 9.84 Å². The van der Waals surface area contributed by atoms with E-state index in [9.17, 15) is 17.6 Å². The molecular formula is C14H14FN3O3S. The van der Waals surface area contributed by atoms with Gasteiger partial charge in [0, 0.05) is 11.7 Å². The Labute approximate surface area is 126 Å². The molecule has 1 aromatic heterocycles. The van der Waals surface area contributed by atoms with Crippen LogP contribution < -0.4 is 5.32 Å². The number of sulfone groups is 1. The summed E-state index contributed by atoms with van der Waals surface area (Å²) >= 11 is 0. The number of imidazole rings is 1. The molecule has 1 atom stereocenters. The summed E-state index contributed by atoms with van der Waals surface area (Å²) < 4.78 is 37.3. The van der Waals surface area contributed by atoms with E-state index in [0.717, 1.165) is 0 Å². The Morgan fingerprint density at radius 3 is 2.68 bits per heavy atom. The van der Waals surface area contributed by atoms with Crippen molar-refractivity contribution in [3.05, 3.63) is 48.3 Å². The second kappa shape index (κ2) is 5.53. The maximum Gasteiger partial charge on any atom is 0.270 e. The van der Waals surface area contributed by atoms with Crippen molar-refractivity contribution in [1.82, 2.24) is 14.9 Å².